The second kappa shape index (κ2) is 8.78. The zero-order valence-corrected chi connectivity index (χ0v) is 18.3. The second-order valence-corrected chi connectivity index (χ2v) is 7.86. The van der Waals surface area contributed by atoms with E-state index in [9.17, 15) is 22.4 Å². The van der Waals surface area contributed by atoms with Crippen LogP contribution in [0.3, 0.4) is 0 Å². The van der Waals surface area contributed by atoms with Crippen LogP contribution in [0.25, 0.3) is 28.3 Å². The Morgan fingerprint density at radius 2 is 1.97 bits per heavy atom. The average Bonchev–Trinajstić information content (AvgIpc) is 3.58. The number of pyridine rings is 1. The van der Waals surface area contributed by atoms with Crippen molar-refractivity contribution in [1.29, 1.82) is 0 Å². The summed E-state index contributed by atoms with van der Waals surface area (Å²) in [5.41, 5.74) is -2.86. The summed E-state index contributed by atoms with van der Waals surface area (Å²) in [4.78, 5) is 22.5. The first kappa shape index (κ1) is 23.0. The van der Waals surface area contributed by atoms with Crippen LogP contribution in [0.2, 0.25) is 5.02 Å². The molecule has 4 aromatic rings. The molecular weight excluding hydrogens is 494 g/mol. The fourth-order valence-electron chi connectivity index (χ4n) is 3.76. The molecule has 5 rings (SSSR count). The van der Waals surface area contributed by atoms with E-state index >= 15 is 0 Å². The monoisotopic (exact) mass is 507 g/mol. The maximum absolute atomic E-state index is 14.7. The summed E-state index contributed by atoms with van der Waals surface area (Å²) in [5, 5.41) is 8.48. The molecule has 3 aromatic heterocycles. The SMILES string of the molecule is O=C(c1c(-c2c(F)cccc2Cl)noc1-c1cnn(-c2cccnc2)c1C(F)(F)F)N1CCCO1. The third-order valence-electron chi connectivity index (χ3n) is 5.26. The lowest BCUT2D eigenvalue weighted by molar-refractivity contribution is -0.142. The Labute approximate surface area is 199 Å². The number of hydrogen-bond acceptors (Lipinski definition) is 6. The molecule has 1 aliphatic rings. The molecule has 0 saturated carbocycles. The van der Waals surface area contributed by atoms with Gasteiger partial charge in [-0.05, 0) is 30.7 Å². The molecule has 0 aliphatic carbocycles. The van der Waals surface area contributed by atoms with Crippen molar-refractivity contribution in [3.63, 3.8) is 0 Å². The van der Waals surface area contributed by atoms with Gasteiger partial charge in [0.1, 0.15) is 17.1 Å². The number of benzene rings is 1. The maximum atomic E-state index is 14.7. The minimum absolute atomic E-state index is 0.0266. The molecule has 13 heteroatoms. The minimum atomic E-state index is -4.92. The van der Waals surface area contributed by atoms with Crippen LogP contribution in [-0.4, -0.2) is 44.0 Å². The van der Waals surface area contributed by atoms with Crippen LogP contribution < -0.4 is 0 Å². The minimum Gasteiger partial charge on any atom is -0.355 e. The van der Waals surface area contributed by atoms with Gasteiger partial charge in [-0.3, -0.25) is 14.6 Å². The number of carbonyl (C=O) groups is 1. The molecule has 1 fully saturated rings. The topological polar surface area (TPSA) is 86.3 Å². The summed E-state index contributed by atoms with van der Waals surface area (Å²) in [5.74, 6) is -2.24. The van der Waals surface area contributed by atoms with Crippen LogP contribution in [0.15, 0.2) is 53.4 Å². The number of hydrogen-bond donors (Lipinski definition) is 0. The van der Waals surface area contributed by atoms with E-state index in [1.54, 1.807) is 0 Å². The van der Waals surface area contributed by atoms with Gasteiger partial charge in [0.15, 0.2) is 11.5 Å². The van der Waals surface area contributed by atoms with Gasteiger partial charge in [0.05, 0.1) is 47.4 Å². The first-order valence-corrected chi connectivity index (χ1v) is 10.6. The van der Waals surface area contributed by atoms with E-state index in [4.69, 9.17) is 21.0 Å². The van der Waals surface area contributed by atoms with Gasteiger partial charge >= 0.3 is 6.18 Å². The van der Waals surface area contributed by atoms with Crippen LogP contribution >= 0.6 is 11.6 Å². The van der Waals surface area contributed by atoms with Gasteiger partial charge in [0.2, 0.25) is 0 Å². The lowest BCUT2D eigenvalue weighted by Crippen LogP contribution is -2.27. The molecule has 1 aromatic carbocycles. The highest BCUT2D eigenvalue weighted by atomic mass is 35.5. The zero-order chi connectivity index (χ0) is 24.7. The van der Waals surface area contributed by atoms with Crippen molar-refractivity contribution in [2.45, 2.75) is 12.6 Å². The third-order valence-corrected chi connectivity index (χ3v) is 5.57. The summed E-state index contributed by atoms with van der Waals surface area (Å²) >= 11 is 6.16. The van der Waals surface area contributed by atoms with Gasteiger partial charge in [-0.15, -0.1) is 0 Å². The largest absolute Gasteiger partial charge is 0.434 e. The summed E-state index contributed by atoms with van der Waals surface area (Å²) in [6.07, 6.45) is -0.926. The molecule has 0 atom stereocenters. The predicted molar refractivity (Wildman–Crippen MR) is 114 cm³/mol. The molecular formula is C22H14ClF4N5O3. The van der Waals surface area contributed by atoms with Gasteiger partial charge in [-0.25, -0.2) is 14.1 Å². The molecule has 180 valence electrons. The number of nitrogens with zero attached hydrogens (tertiary/aromatic N) is 5. The molecule has 1 amide bonds. The number of halogens is 5. The third kappa shape index (κ3) is 4.04. The summed E-state index contributed by atoms with van der Waals surface area (Å²) in [6.45, 7) is 0.407. The molecule has 0 spiro atoms. The number of carbonyl (C=O) groups excluding carboxylic acids is 1. The van der Waals surface area contributed by atoms with E-state index < -0.39 is 40.5 Å². The number of alkyl halides is 3. The molecule has 4 heterocycles. The smallest absolute Gasteiger partial charge is 0.355 e. The zero-order valence-electron chi connectivity index (χ0n) is 17.6. The lowest BCUT2D eigenvalue weighted by atomic mass is 10.0. The van der Waals surface area contributed by atoms with Gasteiger partial charge in [-0.1, -0.05) is 22.8 Å². The average molecular weight is 508 g/mol. The fraction of sp³-hybridized carbons (Fsp3) is 0.182. The van der Waals surface area contributed by atoms with Crippen LogP contribution in [0.5, 0.6) is 0 Å². The van der Waals surface area contributed by atoms with Gasteiger partial charge in [0.25, 0.3) is 5.91 Å². The molecule has 1 aliphatic heterocycles. The van der Waals surface area contributed by atoms with Crippen LogP contribution in [0, 0.1) is 5.82 Å². The van der Waals surface area contributed by atoms with E-state index in [0.29, 0.717) is 11.1 Å². The van der Waals surface area contributed by atoms with Crippen molar-refractivity contribution in [1.82, 2.24) is 25.0 Å². The van der Waals surface area contributed by atoms with E-state index in [1.165, 1.54) is 36.7 Å². The van der Waals surface area contributed by atoms with E-state index in [2.05, 4.69) is 15.2 Å². The Bertz CT molecular complexity index is 1380. The number of aromatic nitrogens is 4. The lowest BCUT2D eigenvalue weighted by Gasteiger charge is -2.15. The first-order valence-electron chi connectivity index (χ1n) is 10.2. The molecule has 0 bridgehead atoms. The standard InChI is InChI=1S/C22H14ClF4N5O3/c23-14-5-1-6-15(24)16(14)18-17(21(33)31-8-3-9-34-31)19(35-30-18)13-11-29-32(20(13)22(25,26)27)12-4-2-7-28-10-12/h1-2,4-7,10-11H,3,8-9H2. The maximum Gasteiger partial charge on any atom is 0.434 e. The summed E-state index contributed by atoms with van der Waals surface area (Å²) in [6, 6.07) is 6.61. The fourth-order valence-corrected chi connectivity index (χ4v) is 4.01. The van der Waals surface area contributed by atoms with Gasteiger partial charge < -0.3 is 4.52 Å². The first-order chi connectivity index (χ1) is 16.8. The highest BCUT2D eigenvalue weighted by Crippen LogP contribution is 2.43. The van der Waals surface area contributed by atoms with E-state index in [-0.39, 0.29) is 35.1 Å². The normalized spacial score (nSPS) is 14.0. The Balaban J connectivity index is 1.77. The van der Waals surface area contributed by atoms with Crippen LogP contribution in [0.1, 0.15) is 22.5 Å². The number of hydroxylamine groups is 2. The molecule has 0 N–H and O–H groups in total. The van der Waals surface area contributed by atoms with Crippen molar-refractivity contribution in [2.75, 3.05) is 13.2 Å². The Morgan fingerprint density at radius 1 is 1.14 bits per heavy atom. The Hall–Kier alpha value is -3.77. The molecule has 1 saturated heterocycles. The summed E-state index contributed by atoms with van der Waals surface area (Å²) in [7, 11) is 0. The van der Waals surface area contributed by atoms with E-state index in [1.807, 2.05) is 0 Å². The molecule has 35 heavy (non-hydrogen) atoms. The van der Waals surface area contributed by atoms with Crippen molar-refractivity contribution in [3.8, 4) is 28.3 Å². The highest BCUT2D eigenvalue weighted by Gasteiger charge is 2.43. The Morgan fingerprint density at radius 3 is 2.63 bits per heavy atom. The predicted octanol–water partition coefficient (Wildman–Crippen LogP) is 5.18. The van der Waals surface area contributed by atoms with Crippen molar-refractivity contribution >= 4 is 17.5 Å². The molecule has 0 unspecified atom stereocenters. The molecule has 0 radical (unpaired) electrons. The summed E-state index contributed by atoms with van der Waals surface area (Å²) < 4.78 is 63.4. The molecule has 8 nitrogen and oxygen atoms in total. The Kier molecular flexibility index (Phi) is 5.77. The van der Waals surface area contributed by atoms with Crippen LogP contribution in [-0.2, 0) is 11.0 Å². The van der Waals surface area contributed by atoms with Crippen molar-refractivity contribution < 1.29 is 31.7 Å². The van der Waals surface area contributed by atoms with Crippen molar-refractivity contribution in [2.24, 2.45) is 0 Å². The van der Waals surface area contributed by atoms with Gasteiger partial charge in [-0.2, -0.15) is 18.3 Å². The highest BCUT2D eigenvalue weighted by molar-refractivity contribution is 6.33. The van der Waals surface area contributed by atoms with E-state index in [0.717, 1.165) is 17.3 Å². The van der Waals surface area contributed by atoms with Crippen molar-refractivity contribution in [3.05, 3.63) is 71.0 Å². The van der Waals surface area contributed by atoms with Crippen LogP contribution in [0.4, 0.5) is 17.6 Å². The second-order valence-electron chi connectivity index (χ2n) is 7.45. The van der Waals surface area contributed by atoms with Gasteiger partial charge in [0, 0.05) is 6.20 Å². The quantitative estimate of drug-likeness (QED) is 0.354. The number of rotatable bonds is 4. The number of amides is 1.